The van der Waals surface area contributed by atoms with Crippen molar-refractivity contribution in [1.29, 1.82) is 0 Å². The number of likely N-dealkylation sites (tertiary alicyclic amines) is 1. The minimum absolute atomic E-state index is 0.0107. The van der Waals surface area contributed by atoms with Gasteiger partial charge in [0.05, 0.1) is 6.54 Å². The van der Waals surface area contributed by atoms with Gasteiger partial charge in [-0.05, 0) is 25.7 Å². The number of hydrogen-bond acceptors (Lipinski definition) is 3. The normalized spacial score (nSPS) is 18.3. The van der Waals surface area contributed by atoms with Crippen molar-refractivity contribution in [3.63, 3.8) is 0 Å². The largest absolute Gasteiger partial charge is 0.487 e. The van der Waals surface area contributed by atoms with Gasteiger partial charge >= 0.3 is 0 Å². The van der Waals surface area contributed by atoms with Gasteiger partial charge < -0.3 is 9.64 Å². The fraction of sp³-hybridized carbons (Fsp3) is 0.667. The van der Waals surface area contributed by atoms with Crippen LogP contribution in [0.25, 0.3) is 0 Å². The molecule has 0 bridgehead atoms. The molecule has 1 unspecified atom stereocenters. The maximum absolute atomic E-state index is 12.8. The molecule has 4 nitrogen and oxygen atoms in total. The molecule has 1 aliphatic rings. The molecule has 0 aliphatic carbocycles. The Kier molecular flexibility index (Phi) is 7.15. The fourth-order valence-corrected chi connectivity index (χ4v) is 3.38. The summed E-state index contributed by atoms with van der Waals surface area (Å²) < 4.78 is 6.00. The number of amides is 1. The molecule has 1 amide bonds. The summed E-state index contributed by atoms with van der Waals surface area (Å²) in [6, 6.07) is 1.78. The summed E-state index contributed by atoms with van der Waals surface area (Å²) >= 11 is 6.11. The number of pyridine rings is 1. The number of ether oxygens (including phenoxy) is 1. The summed E-state index contributed by atoms with van der Waals surface area (Å²) in [4.78, 5) is 18.7. The molecule has 1 aliphatic heterocycles. The summed E-state index contributed by atoms with van der Waals surface area (Å²) in [5.41, 5.74) is 0. The van der Waals surface area contributed by atoms with Gasteiger partial charge in [-0.1, -0.05) is 38.3 Å². The van der Waals surface area contributed by atoms with E-state index in [1.165, 1.54) is 0 Å². The van der Waals surface area contributed by atoms with Crippen LogP contribution >= 0.6 is 11.6 Å². The molecule has 1 aromatic rings. The number of halogens is 1. The molecule has 2 rings (SSSR count). The smallest absolute Gasteiger partial charge is 0.225 e. The third-order valence-corrected chi connectivity index (χ3v) is 4.63. The van der Waals surface area contributed by atoms with Gasteiger partial charge in [-0.15, -0.1) is 0 Å². The lowest BCUT2D eigenvalue weighted by atomic mass is 9.95. The summed E-state index contributed by atoms with van der Waals surface area (Å²) in [7, 11) is 0. The molecule has 128 valence electrons. The van der Waals surface area contributed by atoms with Gasteiger partial charge in [-0.25, -0.2) is 0 Å². The summed E-state index contributed by atoms with van der Waals surface area (Å²) in [6.45, 7) is 5.78. The monoisotopic (exact) mass is 338 g/mol. The quantitative estimate of drug-likeness (QED) is 0.743. The lowest BCUT2D eigenvalue weighted by Crippen LogP contribution is -2.46. The van der Waals surface area contributed by atoms with E-state index < -0.39 is 0 Å². The second kappa shape index (κ2) is 9.11. The van der Waals surface area contributed by atoms with E-state index in [1.54, 1.807) is 18.5 Å². The van der Waals surface area contributed by atoms with Crippen molar-refractivity contribution >= 4 is 17.5 Å². The van der Waals surface area contributed by atoms with Crippen LogP contribution < -0.4 is 4.74 Å². The standard InChI is InChI=1S/C18H27ClN2O2/c1-3-6-14(7-4-2)18(22)21-11-5-8-15(13-21)23-17-9-10-20-12-16(17)19/h9-10,12,14-15H,3-8,11,13H2,1-2H3. The van der Waals surface area contributed by atoms with E-state index in [4.69, 9.17) is 16.3 Å². The van der Waals surface area contributed by atoms with Crippen molar-refractivity contribution in [2.45, 2.75) is 58.5 Å². The Morgan fingerprint density at radius 3 is 2.83 bits per heavy atom. The van der Waals surface area contributed by atoms with E-state index in [9.17, 15) is 4.79 Å². The van der Waals surface area contributed by atoms with E-state index in [0.29, 0.717) is 23.2 Å². The Labute approximate surface area is 144 Å². The predicted octanol–water partition coefficient (Wildman–Crippen LogP) is 4.32. The van der Waals surface area contributed by atoms with E-state index >= 15 is 0 Å². The van der Waals surface area contributed by atoms with Crippen molar-refractivity contribution in [2.75, 3.05) is 13.1 Å². The Hall–Kier alpha value is -1.29. The molecule has 1 fully saturated rings. The first-order valence-corrected chi connectivity index (χ1v) is 9.08. The van der Waals surface area contributed by atoms with Gasteiger partial charge in [0, 0.05) is 30.9 Å². The van der Waals surface area contributed by atoms with E-state index in [-0.39, 0.29) is 12.0 Å². The van der Waals surface area contributed by atoms with Gasteiger partial charge in [-0.3, -0.25) is 9.78 Å². The van der Waals surface area contributed by atoms with Gasteiger partial charge in [0.2, 0.25) is 5.91 Å². The molecule has 0 saturated carbocycles. The minimum atomic E-state index is 0.0107. The Morgan fingerprint density at radius 1 is 1.43 bits per heavy atom. The molecule has 1 aromatic heterocycles. The van der Waals surface area contributed by atoms with Crippen LogP contribution in [0.4, 0.5) is 0 Å². The number of nitrogens with zero attached hydrogens (tertiary/aromatic N) is 2. The van der Waals surface area contributed by atoms with Crippen molar-refractivity contribution < 1.29 is 9.53 Å². The molecule has 0 spiro atoms. The first-order valence-electron chi connectivity index (χ1n) is 8.70. The second-order valence-corrected chi connectivity index (χ2v) is 6.65. The topological polar surface area (TPSA) is 42.4 Å². The van der Waals surface area contributed by atoms with Gasteiger partial charge in [0.1, 0.15) is 16.9 Å². The molecule has 5 heteroatoms. The number of carbonyl (C=O) groups is 1. The van der Waals surface area contributed by atoms with Crippen LogP contribution in [0.5, 0.6) is 5.75 Å². The van der Waals surface area contributed by atoms with Crippen molar-refractivity contribution in [2.24, 2.45) is 5.92 Å². The highest BCUT2D eigenvalue weighted by Gasteiger charge is 2.29. The maximum atomic E-state index is 12.8. The zero-order valence-corrected chi connectivity index (χ0v) is 14.9. The summed E-state index contributed by atoms with van der Waals surface area (Å²) in [5.74, 6) is 1.11. The van der Waals surface area contributed by atoms with Gasteiger partial charge in [-0.2, -0.15) is 0 Å². The lowest BCUT2D eigenvalue weighted by Gasteiger charge is -2.35. The lowest BCUT2D eigenvalue weighted by molar-refractivity contribution is -0.138. The van der Waals surface area contributed by atoms with Crippen LogP contribution in [0.1, 0.15) is 52.4 Å². The van der Waals surface area contributed by atoms with Crippen LogP contribution in [0.15, 0.2) is 18.5 Å². The average Bonchev–Trinajstić information content (AvgIpc) is 2.56. The Morgan fingerprint density at radius 2 is 2.17 bits per heavy atom. The molecule has 23 heavy (non-hydrogen) atoms. The minimum Gasteiger partial charge on any atom is -0.487 e. The summed E-state index contributed by atoms with van der Waals surface area (Å²) in [5, 5.41) is 0.519. The zero-order valence-electron chi connectivity index (χ0n) is 14.1. The number of rotatable bonds is 7. The SMILES string of the molecule is CCCC(CCC)C(=O)N1CCCC(Oc2ccncc2Cl)C1. The number of carbonyl (C=O) groups excluding carboxylic acids is 1. The molecular formula is C18H27ClN2O2. The van der Waals surface area contributed by atoms with Gasteiger partial charge in [0.15, 0.2) is 0 Å². The van der Waals surface area contributed by atoms with Crippen molar-refractivity contribution in [3.05, 3.63) is 23.5 Å². The fourth-order valence-electron chi connectivity index (χ4n) is 3.22. The van der Waals surface area contributed by atoms with Crippen LogP contribution in [-0.2, 0) is 4.79 Å². The Bertz CT molecular complexity index is 504. The highest BCUT2D eigenvalue weighted by Crippen LogP contribution is 2.26. The number of piperidine rings is 1. The van der Waals surface area contributed by atoms with E-state index in [2.05, 4.69) is 18.8 Å². The van der Waals surface area contributed by atoms with Crippen LogP contribution in [0, 0.1) is 5.92 Å². The third-order valence-electron chi connectivity index (χ3n) is 4.34. The predicted molar refractivity (Wildman–Crippen MR) is 92.8 cm³/mol. The zero-order chi connectivity index (χ0) is 16.7. The highest BCUT2D eigenvalue weighted by molar-refractivity contribution is 6.31. The number of hydrogen-bond donors (Lipinski definition) is 0. The average molecular weight is 339 g/mol. The first-order chi connectivity index (χ1) is 11.2. The molecule has 0 N–H and O–H groups in total. The first kappa shape index (κ1) is 18.1. The van der Waals surface area contributed by atoms with Gasteiger partial charge in [0.25, 0.3) is 0 Å². The highest BCUT2D eigenvalue weighted by atomic mass is 35.5. The maximum Gasteiger partial charge on any atom is 0.225 e. The van der Waals surface area contributed by atoms with Crippen LogP contribution in [0.2, 0.25) is 5.02 Å². The Balaban J connectivity index is 1.97. The molecular weight excluding hydrogens is 312 g/mol. The molecule has 0 aromatic carbocycles. The third kappa shape index (κ3) is 5.10. The van der Waals surface area contributed by atoms with E-state index in [0.717, 1.165) is 45.1 Å². The second-order valence-electron chi connectivity index (χ2n) is 6.25. The van der Waals surface area contributed by atoms with Crippen molar-refractivity contribution in [3.8, 4) is 5.75 Å². The summed E-state index contributed by atoms with van der Waals surface area (Å²) in [6.07, 6.45) is 9.26. The molecule has 1 atom stereocenters. The number of aromatic nitrogens is 1. The molecule has 0 radical (unpaired) electrons. The van der Waals surface area contributed by atoms with E-state index in [1.807, 2.05) is 4.90 Å². The molecule has 1 saturated heterocycles. The van der Waals surface area contributed by atoms with Crippen molar-refractivity contribution in [1.82, 2.24) is 9.88 Å². The van der Waals surface area contributed by atoms with Crippen LogP contribution in [0.3, 0.4) is 0 Å². The van der Waals surface area contributed by atoms with Crippen LogP contribution in [-0.4, -0.2) is 35.0 Å². The molecule has 2 heterocycles.